The van der Waals surface area contributed by atoms with E-state index in [1.165, 1.54) is 16.0 Å². The molecular weight excluding hydrogens is 278 g/mol. The number of thiazole rings is 1. The molecule has 0 saturated carbocycles. The molecule has 1 N–H and O–H groups in total. The van der Waals surface area contributed by atoms with Gasteiger partial charge in [-0.1, -0.05) is 24.3 Å². The zero-order valence-electron chi connectivity index (χ0n) is 13.6. The molecule has 0 radical (unpaired) electrons. The lowest BCUT2D eigenvalue weighted by Gasteiger charge is -2.17. The fraction of sp³-hybridized carbons (Fsp3) is 0.471. The van der Waals surface area contributed by atoms with E-state index in [0.717, 1.165) is 23.8 Å². The number of aryl methyl sites for hydroxylation is 2. The average Bonchev–Trinajstić information content (AvgIpc) is 2.76. The summed E-state index contributed by atoms with van der Waals surface area (Å²) in [4.78, 5) is 8.07. The first kappa shape index (κ1) is 16.1. The Labute approximate surface area is 132 Å². The van der Waals surface area contributed by atoms with Crippen molar-refractivity contribution in [3.05, 3.63) is 51.0 Å². The Morgan fingerprint density at radius 3 is 2.43 bits per heavy atom. The summed E-state index contributed by atoms with van der Waals surface area (Å²) in [6, 6.07) is 8.99. The maximum atomic E-state index is 4.52. The van der Waals surface area contributed by atoms with Crippen LogP contribution >= 0.6 is 11.3 Å². The Hall–Kier alpha value is -1.23. The molecule has 0 aliphatic heterocycles. The zero-order valence-corrected chi connectivity index (χ0v) is 14.4. The summed E-state index contributed by atoms with van der Waals surface area (Å²) in [6.07, 6.45) is 0. The minimum Gasteiger partial charge on any atom is -0.305 e. The lowest BCUT2D eigenvalue weighted by Crippen LogP contribution is -2.20. The molecule has 0 spiro atoms. The highest BCUT2D eigenvalue weighted by Gasteiger charge is 2.13. The van der Waals surface area contributed by atoms with Crippen LogP contribution < -0.4 is 5.32 Å². The van der Waals surface area contributed by atoms with Gasteiger partial charge in [0.2, 0.25) is 0 Å². The molecule has 1 unspecified atom stereocenters. The van der Waals surface area contributed by atoms with Gasteiger partial charge in [-0.2, -0.15) is 0 Å². The van der Waals surface area contributed by atoms with Gasteiger partial charge in [-0.25, -0.2) is 4.98 Å². The number of benzene rings is 1. The van der Waals surface area contributed by atoms with E-state index in [0.29, 0.717) is 6.04 Å². The predicted octanol–water partition coefficient (Wildman–Crippen LogP) is 3.67. The molecule has 3 nitrogen and oxygen atoms in total. The molecule has 0 saturated heterocycles. The van der Waals surface area contributed by atoms with Crippen molar-refractivity contribution in [2.75, 3.05) is 14.1 Å². The first-order valence-electron chi connectivity index (χ1n) is 7.36. The summed E-state index contributed by atoms with van der Waals surface area (Å²) in [7, 11) is 4.21. The van der Waals surface area contributed by atoms with E-state index < -0.39 is 0 Å². The number of aromatic nitrogens is 1. The number of hydrogen-bond donors (Lipinski definition) is 1. The second-order valence-electron chi connectivity index (χ2n) is 5.79. The predicted molar refractivity (Wildman–Crippen MR) is 90.7 cm³/mol. The van der Waals surface area contributed by atoms with Crippen molar-refractivity contribution < 1.29 is 0 Å². The third-order valence-electron chi connectivity index (χ3n) is 3.54. The van der Waals surface area contributed by atoms with Gasteiger partial charge in [0.15, 0.2) is 0 Å². The van der Waals surface area contributed by atoms with Crippen molar-refractivity contribution in [1.29, 1.82) is 0 Å². The molecule has 4 heteroatoms. The molecule has 1 aromatic carbocycles. The van der Waals surface area contributed by atoms with Gasteiger partial charge in [0.05, 0.1) is 10.7 Å². The highest BCUT2D eigenvalue weighted by molar-refractivity contribution is 7.11. The molecule has 2 rings (SSSR count). The largest absolute Gasteiger partial charge is 0.305 e. The summed E-state index contributed by atoms with van der Waals surface area (Å²) in [5.74, 6) is 0. The van der Waals surface area contributed by atoms with Gasteiger partial charge in [-0.05, 0) is 46.0 Å². The van der Waals surface area contributed by atoms with Gasteiger partial charge >= 0.3 is 0 Å². The molecule has 2 aromatic rings. The summed E-state index contributed by atoms with van der Waals surface area (Å²) in [5.41, 5.74) is 3.91. The molecular formula is C17H25N3S. The van der Waals surface area contributed by atoms with E-state index in [1.54, 1.807) is 11.3 Å². The van der Waals surface area contributed by atoms with Crippen molar-refractivity contribution in [3.63, 3.8) is 0 Å². The van der Waals surface area contributed by atoms with Gasteiger partial charge in [-0.15, -0.1) is 11.3 Å². The molecule has 1 heterocycles. The SMILES string of the molecule is Cc1nc(C)c(C(C)NCc2ccccc2CN(C)C)s1. The normalized spacial score (nSPS) is 12.9. The smallest absolute Gasteiger partial charge is 0.0900 e. The number of nitrogens with one attached hydrogen (secondary N) is 1. The van der Waals surface area contributed by atoms with E-state index >= 15 is 0 Å². The highest BCUT2D eigenvalue weighted by Crippen LogP contribution is 2.24. The van der Waals surface area contributed by atoms with Crippen LogP contribution in [0.25, 0.3) is 0 Å². The first-order valence-corrected chi connectivity index (χ1v) is 8.18. The van der Waals surface area contributed by atoms with Crippen molar-refractivity contribution in [3.8, 4) is 0 Å². The molecule has 1 aromatic heterocycles. The summed E-state index contributed by atoms with van der Waals surface area (Å²) in [6.45, 7) is 8.25. The van der Waals surface area contributed by atoms with Crippen LogP contribution in [0.5, 0.6) is 0 Å². The van der Waals surface area contributed by atoms with Gasteiger partial charge in [0, 0.05) is 24.0 Å². The van der Waals surface area contributed by atoms with Crippen molar-refractivity contribution in [2.45, 2.75) is 39.9 Å². The minimum absolute atomic E-state index is 0.337. The molecule has 0 fully saturated rings. The van der Waals surface area contributed by atoms with Gasteiger partial charge in [0.25, 0.3) is 0 Å². The van der Waals surface area contributed by atoms with Gasteiger partial charge in [-0.3, -0.25) is 0 Å². The van der Waals surface area contributed by atoms with Crippen LogP contribution in [-0.4, -0.2) is 24.0 Å². The molecule has 1 atom stereocenters. The topological polar surface area (TPSA) is 28.2 Å². The summed E-state index contributed by atoms with van der Waals surface area (Å²) < 4.78 is 0. The summed E-state index contributed by atoms with van der Waals surface area (Å²) >= 11 is 1.79. The Kier molecular flexibility index (Phi) is 5.51. The van der Waals surface area contributed by atoms with Crippen molar-refractivity contribution >= 4 is 11.3 Å². The Morgan fingerprint density at radius 1 is 1.19 bits per heavy atom. The third-order valence-corrected chi connectivity index (χ3v) is 4.79. The van der Waals surface area contributed by atoms with E-state index in [9.17, 15) is 0 Å². The number of nitrogens with zero attached hydrogens (tertiary/aromatic N) is 2. The van der Waals surface area contributed by atoms with Crippen molar-refractivity contribution in [2.24, 2.45) is 0 Å². The third kappa shape index (κ3) is 4.37. The molecule has 0 amide bonds. The second-order valence-corrected chi connectivity index (χ2v) is 7.03. The molecule has 114 valence electrons. The number of rotatable bonds is 6. The van der Waals surface area contributed by atoms with E-state index in [-0.39, 0.29) is 0 Å². The monoisotopic (exact) mass is 303 g/mol. The first-order chi connectivity index (χ1) is 9.97. The van der Waals surface area contributed by atoms with Crippen LogP contribution in [0.2, 0.25) is 0 Å². The quantitative estimate of drug-likeness (QED) is 0.882. The van der Waals surface area contributed by atoms with Crippen molar-refractivity contribution in [1.82, 2.24) is 15.2 Å². The van der Waals surface area contributed by atoms with E-state index in [4.69, 9.17) is 0 Å². The maximum absolute atomic E-state index is 4.52. The van der Waals surface area contributed by atoms with Crippen LogP contribution in [0.4, 0.5) is 0 Å². The average molecular weight is 303 g/mol. The maximum Gasteiger partial charge on any atom is 0.0900 e. The molecule has 21 heavy (non-hydrogen) atoms. The lowest BCUT2D eigenvalue weighted by atomic mass is 10.1. The lowest BCUT2D eigenvalue weighted by molar-refractivity contribution is 0.400. The van der Waals surface area contributed by atoms with Crippen LogP contribution in [0.3, 0.4) is 0 Å². The van der Waals surface area contributed by atoms with E-state index in [2.05, 4.69) is 74.3 Å². The Balaban J connectivity index is 2.04. The minimum atomic E-state index is 0.337. The zero-order chi connectivity index (χ0) is 15.4. The summed E-state index contributed by atoms with van der Waals surface area (Å²) in [5, 5.41) is 4.78. The Morgan fingerprint density at radius 2 is 1.86 bits per heavy atom. The fourth-order valence-electron chi connectivity index (χ4n) is 2.53. The molecule has 0 aliphatic rings. The fourth-order valence-corrected chi connectivity index (χ4v) is 3.48. The standard InChI is InChI=1S/C17H25N3S/c1-12(17-13(2)19-14(3)21-17)18-10-15-8-6-7-9-16(15)11-20(4)5/h6-9,12,18H,10-11H2,1-5H3. The second kappa shape index (κ2) is 7.16. The van der Waals surface area contributed by atoms with E-state index in [1.807, 2.05) is 0 Å². The van der Waals surface area contributed by atoms with Gasteiger partial charge < -0.3 is 10.2 Å². The van der Waals surface area contributed by atoms with Crippen LogP contribution in [-0.2, 0) is 13.1 Å². The molecule has 0 bridgehead atoms. The number of hydrogen-bond acceptors (Lipinski definition) is 4. The highest BCUT2D eigenvalue weighted by atomic mass is 32.1. The van der Waals surface area contributed by atoms with Crippen LogP contribution in [0.15, 0.2) is 24.3 Å². The van der Waals surface area contributed by atoms with Crippen LogP contribution in [0.1, 0.15) is 39.7 Å². The van der Waals surface area contributed by atoms with Gasteiger partial charge in [0.1, 0.15) is 0 Å². The van der Waals surface area contributed by atoms with Crippen LogP contribution in [0, 0.1) is 13.8 Å². The Bertz CT molecular complexity index is 589. The molecule has 0 aliphatic carbocycles.